The number of carbonyl (C=O) groups excluding carboxylic acids is 2. The number of nitro groups is 1. The molecule has 1 atom stereocenters. The first-order valence-electron chi connectivity index (χ1n) is 9.89. The lowest BCUT2D eigenvalue weighted by molar-refractivity contribution is -0.384. The molecule has 4 rings (SSSR count). The fourth-order valence-electron chi connectivity index (χ4n) is 4.48. The summed E-state index contributed by atoms with van der Waals surface area (Å²) in [6, 6.07) is 10.5. The summed E-state index contributed by atoms with van der Waals surface area (Å²) in [5.41, 5.74) is 1.75. The number of allylic oxidation sites excluding steroid dienone is 2. The molecule has 1 N–H and O–H groups in total. The molecular weight excluding hydrogens is 420 g/mol. The Labute approximate surface area is 184 Å². The van der Waals surface area contributed by atoms with E-state index in [1.807, 2.05) is 13.8 Å². The number of phenols is 1. The van der Waals surface area contributed by atoms with Crippen molar-refractivity contribution in [3.05, 3.63) is 74.4 Å². The number of phenolic OH excluding ortho intramolecular Hbond substituents is 1. The summed E-state index contributed by atoms with van der Waals surface area (Å²) in [6.45, 7) is 3.94. The van der Waals surface area contributed by atoms with E-state index in [0.717, 1.165) is 5.56 Å². The molecule has 31 heavy (non-hydrogen) atoms. The molecule has 160 valence electrons. The smallest absolute Gasteiger partial charge is 0.271 e. The summed E-state index contributed by atoms with van der Waals surface area (Å²) in [5.74, 6) is -0.576. The molecule has 7 nitrogen and oxygen atoms in total. The van der Waals surface area contributed by atoms with Crippen LogP contribution in [0.2, 0.25) is 5.02 Å². The van der Waals surface area contributed by atoms with Crippen LogP contribution in [0.5, 0.6) is 5.75 Å². The molecule has 1 aliphatic heterocycles. The first-order chi connectivity index (χ1) is 14.6. The summed E-state index contributed by atoms with van der Waals surface area (Å²) < 4.78 is 0. The molecule has 8 heteroatoms. The third kappa shape index (κ3) is 3.81. The molecule has 1 heterocycles. The zero-order valence-corrected chi connectivity index (χ0v) is 17.8. The van der Waals surface area contributed by atoms with Crippen LogP contribution in [0, 0.1) is 15.5 Å². The number of non-ortho nitro benzene ring substituents is 1. The maximum atomic E-state index is 13.3. The van der Waals surface area contributed by atoms with Gasteiger partial charge in [-0.05, 0) is 35.6 Å². The van der Waals surface area contributed by atoms with Gasteiger partial charge >= 0.3 is 0 Å². The van der Waals surface area contributed by atoms with Crippen molar-refractivity contribution in [3.8, 4) is 5.75 Å². The van der Waals surface area contributed by atoms with Gasteiger partial charge in [-0.1, -0.05) is 37.6 Å². The highest BCUT2D eigenvalue weighted by atomic mass is 35.5. The number of nitro benzene ring substituents is 1. The number of carbonyl (C=O) groups is 2. The number of Topliss-reactive ketones (excluding diaryl/α,β-unsaturated/α-hetero) is 1. The lowest BCUT2D eigenvalue weighted by atomic mass is 9.69. The number of rotatable bonds is 3. The van der Waals surface area contributed by atoms with E-state index < -0.39 is 10.8 Å². The highest BCUT2D eigenvalue weighted by Crippen LogP contribution is 2.49. The number of hydrogen-bond acceptors (Lipinski definition) is 5. The van der Waals surface area contributed by atoms with Crippen molar-refractivity contribution in [2.24, 2.45) is 5.41 Å². The van der Waals surface area contributed by atoms with Gasteiger partial charge in [-0.25, -0.2) is 0 Å². The Balaban J connectivity index is 1.89. The lowest BCUT2D eigenvalue weighted by Gasteiger charge is -2.43. The van der Waals surface area contributed by atoms with Crippen LogP contribution >= 0.6 is 11.6 Å². The van der Waals surface area contributed by atoms with Crippen LogP contribution in [0.4, 0.5) is 11.4 Å². The Hall–Kier alpha value is -3.19. The van der Waals surface area contributed by atoms with Crippen molar-refractivity contribution in [2.45, 2.75) is 39.0 Å². The molecule has 2 aromatic carbocycles. The van der Waals surface area contributed by atoms with Gasteiger partial charge in [0, 0.05) is 42.2 Å². The van der Waals surface area contributed by atoms with E-state index in [0.29, 0.717) is 29.8 Å². The second kappa shape index (κ2) is 7.50. The van der Waals surface area contributed by atoms with Crippen molar-refractivity contribution >= 4 is 34.7 Å². The number of benzene rings is 2. The number of halogens is 1. The van der Waals surface area contributed by atoms with Gasteiger partial charge in [-0.2, -0.15) is 0 Å². The quantitative estimate of drug-likeness (QED) is 0.527. The molecule has 2 aromatic rings. The van der Waals surface area contributed by atoms with E-state index in [-0.39, 0.29) is 40.0 Å². The first kappa shape index (κ1) is 21.1. The molecule has 0 fully saturated rings. The zero-order valence-electron chi connectivity index (χ0n) is 17.1. The topological polar surface area (TPSA) is 101 Å². The number of amides is 1. The van der Waals surface area contributed by atoms with Gasteiger partial charge < -0.3 is 5.11 Å². The van der Waals surface area contributed by atoms with Crippen LogP contribution < -0.4 is 4.90 Å². The molecule has 0 radical (unpaired) electrons. The Bertz CT molecular complexity index is 1140. The molecular formula is C23H21ClN2O5. The van der Waals surface area contributed by atoms with Gasteiger partial charge in [0.25, 0.3) is 5.69 Å². The van der Waals surface area contributed by atoms with Crippen LogP contribution in [0.3, 0.4) is 0 Å². The highest BCUT2D eigenvalue weighted by Gasteiger charge is 2.44. The standard InChI is InChI=1S/C23H21ClN2O5/c1-23(2)11-19-22(20(28)12-23)16(13-3-6-15(27)7-4-13)10-21(29)25(19)18-8-5-14(26(30)31)9-17(18)24/h3-9,16,27H,10-12H2,1-2H3. The molecule has 2 aliphatic rings. The third-order valence-electron chi connectivity index (χ3n) is 5.82. The number of anilines is 1. The maximum absolute atomic E-state index is 13.3. The largest absolute Gasteiger partial charge is 0.508 e. The minimum Gasteiger partial charge on any atom is -0.508 e. The maximum Gasteiger partial charge on any atom is 0.271 e. The fraction of sp³-hybridized carbons (Fsp3) is 0.304. The molecule has 0 aromatic heterocycles. The third-order valence-corrected chi connectivity index (χ3v) is 6.12. The zero-order chi connectivity index (χ0) is 22.5. The van der Waals surface area contributed by atoms with Gasteiger partial charge in [-0.15, -0.1) is 0 Å². The number of ketones is 1. The SMILES string of the molecule is CC1(C)CC(=O)C2=C(C1)N(c1ccc([N+](=O)[O-])cc1Cl)C(=O)CC2c1ccc(O)cc1. The van der Waals surface area contributed by atoms with Crippen LogP contribution in [-0.2, 0) is 9.59 Å². The van der Waals surface area contributed by atoms with Gasteiger partial charge in [-0.3, -0.25) is 24.6 Å². The van der Waals surface area contributed by atoms with Crippen LogP contribution in [-0.4, -0.2) is 21.7 Å². The average molecular weight is 441 g/mol. The van der Waals surface area contributed by atoms with E-state index in [1.54, 1.807) is 12.1 Å². The van der Waals surface area contributed by atoms with Crippen LogP contribution in [0.25, 0.3) is 0 Å². The predicted octanol–water partition coefficient (Wildman–Crippen LogP) is 5.12. The van der Waals surface area contributed by atoms with Gasteiger partial charge in [0.15, 0.2) is 5.78 Å². The Morgan fingerprint density at radius 3 is 2.42 bits per heavy atom. The summed E-state index contributed by atoms with van der Waals surface area (Å²) in [4.78, 5) is 38.6. The van der Waals surface area contributed by atoms with Crippen molar-refractivity contribution in [1.29, 1.82) is 0 Å². The van der Waals surface area contributed by atoms with E-state index in [2.05, 4.69) is 0 Å². The summed E-state index contributed by atoms with van der Waals surface area (Å²) in [6.07, 6.45) is 0.904. The minimum atomic E-state index is -0.549. The molecule has 0 spiro atoms. The van der Waals surface area contributed by atoms with Crippen molar-refractivity contribution in [3.63, 3.8) is 0 Å². The molecule has 1 aliphatic carbocycles. The summed E-state index contributed by atoms with van der Waals surface area (Å²) in [5, 5.41) is 20.8. The van der Waals surface area contributed by atoms with Crippen LogP contribution in [0.15, 0.2) is 53.7 Å². The summed E-state index contributed by atoms with van der Waals surface area (Å²) >= 11 is 6.35. The van der Waals surface area contributed by atoms with E-state index in [9.17, 15) is 24.8 Å². The summed E-state index contributed by atoms with van der Waals surface area (Å²) in [7, 11) is 0. The molecule has 0 saturated carbocycles. The van der Waals surface area contributed by atoms with Crippen molar-refractivity contribution in [2.75, 3.05) is 4.90 Å². The monoisotopic (exact) mass is 440 g/mol. The normalized spacial score (nSPS) is 20.6. The Morgan fingerprint density at radius 2 is 1.81 bits per heavy atom. The minimum absolute atomic E-state index is 0.0279. The fourth-order valence-corrected chi connectivity index (χ4v) is 4.74. The second-order valence-electron chi connectivity index (χ2n) is 8.77. The van der Waals surface area contributed by atoms with Crippen molar-refractivity contribution < 1.29 is 19.6 Å². The Kier molecular flexibility index (Phi) is 5.09. The first-order valence-corrected chi connectivity index (χ1v) is 10.3. The van der Waals surface area contributed by atoms with Crippen LogP contribution in [0.1, 0.15) is 44.6 Å². The number of hydrogen-bond donors (Lipinski definition) is 1. The lowest BCUT2D eigenvalue weighted by Crippen LogP contribution is -2.43. The van der Waals surface area contributed by atoms with E-state index in [4.69, 9.17) is 11.6 Å². The van der Waals surface area contributed by atoms with Gasteiger partial charge in [0.2, 0.25) is 5.91 Å². The van der Waals surface area contributed by atoms with E-state index in [1.165, 1.54) is 35.2 Å². The molecule has 0 saturated heterocycles. The molecule has 0 bridgehead atoms. The number of nitrogens with zero attached hydrogens (tertiary/aromatic N) is 2. The average Bonchev–Trinajstić information content (AvgIpc) is 2.67. The predicted molar refractivity (Wildman–Crippen MR) is 116 cm³/mol. The molecule has 1 amide bonds. The highest BCUT2D eigenvalue weighted by molar-refractivity contribution is 6.34. The van der Waals surface area contributed by atoms with Gasteiger partial charge in [0.05, 0.1) is 15.6 Å². The van der Waals surface area contributed by atoms with Crippen molar-refractivity contribution in [1.82, 2.24) is 0 Å². The van der Waals surface area contributed by atoms with E-state index >= 15 is 0 Å². The molecule has 1 unspecified atom stereocenters. The van der Waals surface area contributed by atoms with Gasteiger partial charge in [0.1, 0.15) is 5.75 Å². The number of aromatic hydroxyl groups is 1. The second-order valence-corrected chi connectivity index (χ2v) is 9.18. The Morgan fingerprint density at radius 1 is 1.13 bits per heavy atom.